The van der Waals surface area contributed by atoms with E-state index in [0.29, 0.717) is 5.41 Å². The monoisotopic (exact) mass is 284 g/mol. The minimum atomic E-state index is -0.388. The molecule has 1 heteroatoms. The van der Waals surface area contributed by atoms with Crippen LogP contribution in [0.15, 0.2) is 36.2 Å². The minimum Gasteiger partial charge on any atom is -0.208 e. The summed E-state index contributed by atoms with van der Waals surface area (Å²) in [6, 6.07) is 0. The molecule has 0 N–H and O–H groups in total. The van der Waals surface area contributed by atoms with Crippen LogP contribution in [0.1, 0.15) is 75.2 Å². The highest BCUT2D eigenvalue weighted by Gasteiger charge is 2.13. The highest BCUT2D eigenvalue weighted by atomic mass is 19.1. The van der Waals surface area contributed by atoms with Crippen molar-refractivity contribution in [2.45, 2.75) is 75.2 Å². The lowest BCUT2D eigenvalue weighted by atomic mass is 9.84. The summed E-state index contributed by atoms with van der Waals surface area (Å²) in [4.78, 5) is 0. The Balaban J connectivity index is -0.000000277. The van der Waals surface area contributed by atoms with Crippen LogP contribution >= 0.6 is 0 Å². The van der Waals surface area contributed by atoms with Gasteiger partial charge in [-0.1, -0.05) is 86.1 Å². The Morgan fingerprint density at radius 3 is 1.75 bits per heavy atom. The molecule has 0 aromatic heterocycles. The van der Waals surface area contributed by atoms with Gasteiger partial charge in [0.05, 0.1) is 0 Å². The van der Waals surface area contributed by atoms with Gasteiger partial charge >= 0.3 is 0 Å². The topological polar surface area (TPSA) is 0 Å². The highest BCUT2D eigenvalue weighted by molar-refractivity contribution is 5.22. The summed E-state index contributed by atoms with van der Waals surface area (Å²) in [5, 5.41) is 0. The van der Waals surface area contributed by atoms with Crippen LogP contribution < -0.4 is 0 Å². The molecule has 0 radical (unpaired) electrons. The lowest BCUT2D eigenvalue weighted by molar-refractivity contribution is 0.283. The van der Waals surface area contributed by atoms with Crippen molar-refractivity contribution in [3.63, 3.8) is 0 Å². The molecule has 0 spiro atoms. The SMILES string of the molecule is C=C(F)/C=C\C(=C/C)CCC.CC.CC(C)C(C)(C)C. The average Bonchev–Trinajstić information content (AvgIpc) is 2.36. The summed E-state index contributed by atoms with van der Waals surface area (Å²) in [6.07, 6.45) is 7.24. The fourth-order valence-corrected chi connectivity index (χ4v) is 0.810. The lowest BCUT2D eigenvalue weighted by Crippen LogP contribution is -2.12. The van der Waals surface area contributed by atoms with Gasteiger partial charge in [0.15, 0.2) is 0 Å². The Bertz CT molecular complexity index is 275. The Hall–Kier alpha value is -0.850. The molecule has 0 aromatic carbocycles. The van der Waals surface area contributed by atoms with Crippen LogP contribution in [0.25, 0.3) is 0 Å². The van der Waals surface area contributed by atoms with Crippen molar-refractivity contribution in [2.24, 2.45) is 11.3 Å². The van der Waals surface area contributed by atoms with Crippen molar-refractivity contribution < 1.29 is 4.39 Å². The van der Waals surface area contributed by atoms with Gasteiger partial charge in [0.2, 0.25) is 0 Å². The third-order valence-electron chi connectivity index (χ3n) is 3.12. The van der Waals surface area contributed by atoms with E-state index >= 15 is 0 Å². The Morgan fingerprint density at radius 1 is 1.15 bits per heavy atom. The van der Waals surface area contributed by atoms with Crippen molar-refractivity contribution >= 4 is 0 Å². The zero-order chi connectivity index (χ0) is 16.8. The summed E-state index contributed by atoms with van der Waals surface area (Å²) in [7, 11) is 0. The molecule has 0 aromatic rings. The number of hydrogen-bond acceptors (Lipinski definition) is 0. The van der Waals surface area contributed by atoms with E-state index in [4.69, 9.17) is 0 Å². The van der Waals surface area contributed by atoms with E-state index in [9.17, 15) is 4.39 Å². The van der Waals surface area contributed by atoms with Crippen LogP contribution in [-0.2, 0) is 0 Å². The van der Waals surface area contributed by atoms with Crippen LogP contribution in [0.3, 0.4) is 0 Å². The van der Waals surface area contributed by atoms with Crippen molar-refractivity contribution in [1.82, 2.24) is 0 Å². The molecule has 0 fully saturated rings. The van der Waals surface area contributed by atoms with Gasteiger partial charge in [-0.05, 0) is 30.8 Å². The van der Waals surface area contributed by atoms with Crippen LogP contribution in [0.5, 0.6) is 0 Å². The number of halogens is 1. The quantitative estimate of drug-likeness (QED) is 0.469. The Morgan fingerprint density at radius 2 is 1.55 bits per heavy atom. The van der Waals surface area contributed by atoms with Gasteiger partial charge in [-0.15, -0.1) is 0 Å². The number of allylic oxidation sites excluding steroid dienone is 5. The van der Waals surface area contributed by atoms with Gasteiger partial charge in [-0.2, -0.15) is 0 Å². The molecule has 120 valence electrons. The van der Waals surface area contributed by atoms with E-state index in [1.165, 1.54) is 6.08 Å². The minimum absolute atomic E-state index is 0.388. The predicted molar refractivity (Wildman–Crippen MR) is 93.7 cm³/mol. The molecular formula is C19H37F. The van der Waals surface area contributed by atoms with Crippen molar-refractivity contribution in [2.75, 3.05) is 0 Å². The second-order valence-electron chi connectivity index (χ2n) is 5.91. The summed E-state index contributed by atoms with van der Waals surface area (Å²) >= 11 is 0. The molecule has 0 aliphatic carbocycles. The largest absolute Gasteiger partial charge is 0.208 e. The van der Waals surface area contributed by atoms with Gasteiger partial charge in [-0.3, -0.25) is 0 Å². The van der Waals surface area contributed by atoms with E-state index < -0.39 is 0 Å². The molecule has 0 saturated heterocycles. The number of hydrogen-bond donors (Lipinski definition) is 0. The maximum atomic E-state index is 12.1. The smallest absolute Gasteiger partial charge is 0.116 e. The maximum absolute atomic E-state index is 12.1. The first-order valence-corrected chi connectivity index (χ1v) is 7.82. The zero-order valence-corrected chi connectivity index (χ0v) is 15.3. The first-order valence-electron chi connectivity index (χ1n) is 7.82. The van der Waals surface area contributed by atoms with Crippen molar-refractivity contribution in [3.8, 4) is 0 Å². The number of rotatable bonds is 4. The van der Waals surface area contributed by atoms with Gasteiger partial charge in [-0.25, -0.2) is 4.39 Å². The van der Waals surface area contributed by atoms with E-state index in [2.05, 4.69) is 48.1 Å². The van der Waals surface area contributed by atoms with Gasteiger partial charge in [0.25, 0.3) is 0 Å². The summed E-state index contributed by atoms with van der Waals surface area (Å²) in [6.45, 7) is 22.5. The average molecular weight is 285 g/mol. The van der Waals surface area contributed by atoms with E-state index in [1.54, 1.807) is 6.08 Å². The molecule has 0 saturated carbocycles. The molecule has 0 atom stereocenters. The fraction of sp³-hybridized carbons (Fsp3) is 0.684. The molecule has 0 rings (SSSR count). The van der Waals surface area contributed by atoms with Crippen molar-refractivity contribution in [3.05, 3.63) is 36.2 Å². The summed E-state index contributed by atoms with van der Waals surface area (Å²) in [5.41, 5.74) is 1.66. The van der Waals surface area contributed by atoms with Gasteiger partial charge in [0, 0.05) is 0 Å². The normalized spacial score (nSPS) is 11.7. The molecule has 0 unspecified atom stereocenters. The lowest BCUT2D eigenvalue weighted by Gasteiger charge is -2.22. The Kier molecular flexibility index (Phi) is 17.6. The standard InChI is InChI=1S/C10H15F.C7H16.C2H6/c1-4-6-10(5-2)8-7-9(3)11;1-6(2)7(3,4)5;1-2/h5,7-8H,3-4,6H2,1-2H3;6H,1-5H3;1-2H3/b8-7-,10-5-;;. The third-order valence-corrected chi connectivity index (χ3v) is 3.12. The molecule has 0 aliphatic rings. The van der Waals surface area contributed by atoms with Crippen LogP contribution in [0.4, 0.5) is 4.39 Å². The second-order valence-corrected chi connectivity index (χ2v) is 5.91. The van der Waals surface area contributed by atoms with Crippen LogP contribution in [0, 0.1) is 11.3 Å². The van der Waals surface area contributed by atoms with Crippen LogP contribution in [-0.4, -0.2) is 0 Å². The molecule has 0 amide bonds. The molecule has 0 nitrogen and oxygen atoms in total. The van der Waals surface area contributed by atoms with E-state index in [1.807, 2.05) is 26.8 Å². The van der Waals surface area contributed by atoms with E-state index in [0.717, 1.165) is 24.3 Å². The fourth-order valence-electron chi connectivity index (χ4n) is 0.810. The zero-order valence-electron chi connectivity index (χ0n) is 15.3. The molecule has 0 heterocycles. The predicted octanol–water partition coefficient (Wildman–Crippen LogP) is 7.49. The van der Waals surface area contributed by atoms with Gasteiger partial charge < -0.3 is 0 Å². The molecule has 0 bridgehead atoms. The highest BCUT2D eigenvalue weighted by Crippen LogP contribution is 2.23. The molecule has 0 aliphatic heterocycles. The van der Waals surface area contributed by atoms with Crippen molar-refractivity contribution in [1.29, 1.82) is 0 Å². The molecular weight excluding hydrogens is 247 g/mol. The summed E-state index contributed by atoms with van der Waals surface area (Å²) < 4.78 is 12.1. The first-order chi connectivity index (χ1) is 9.15. The first kappa shape index (κ1) is 24.2. The van der Waals surface area contributed by atoms with E-state index in [-0.39, 0.29) is 5.83 Å². The third kappa shape index (κ3) is 19.5. The summed E-state index contributed by atoms with van der Waals surface area (Å²) in [5.74, 6) is 0.410. The van der Waals surface area contributed by atoms with Crippen LogP contribution in [0.2, 0.25) is 0 Å². The maximum Gasteiger partial charge on any atom is 0.116 e. The Labute approximate surface area is 127 Å². The second kappa shape index (κ2) is 14.6. The van der Waals surface area contributed by atoms with Gasteiger partial charge in [0.1, 0.15) is 5.83 Å². The molecule has 20 heavy (non-hydrogen) atoms.